The first kappa shape index (κ1) is 12.0. The van der Waals surface area contributed by atoms with E-state index in [4.69, 9.17) is 4.74 Å². The lowest BCUT2D eigenvalue weighted by atomic mass is 10.0. The van der Waals surface area contributed by atoms with E-state index in [1.807, 2.05) is 20.8 Å². The highest BCUT2D eigenvalue weighted by atomic mass is 16.6. The van der Waals surface area contributed by atoms with Gasteiger partial charge in [-0.25, -0.2) is 9.69 Å². The molecule has 1 unspecified atom stereocenters. The Bertz CT molecular complexity index is 250. The van der Waals surface area contributed by atoms with Crippen LogP contribution >= 0.6 is 0 Å². The van der Waals surface area contributed by atoms with Crippen LogP contribution in [0.15, 0.2) is 0 Å². The van der Waals surface area contributed by atoms with E-state index in [0.717, 1.165) is 12.8 Å². The molecule has 1 rings (SSSR count). The van der Waals surface area contributed by atoms with Crippen molar-refractivity contribution in [2.45, 2.75) is 46.1 Å². The normalized spacial score (nSPS) is 20.9. The van der Waals surface area contributed by atoms with Crippen molar-refractivity contribution in [1.82, 2.24) is 4.90 Å². The van der Waals surface area contributed by atoms with Crippen molar-refractivity contribution in [2.75, 3.05) is 6.61 Å². The maximum absolute atomic E-state index is 11.8. The standard InChI is InChI=1S/C11H19NO3/c1-4-5-6-10(13)12-9(8(2)3)7-15-11(12)14/h8-9H,4-7H2,1-3H3. The molecule has 0 spiro atoms. The summed E-state index contributed by atoms with van der Waals surface area (Å²) in [6.45, 7) is 6.35. The van der Waals surface area contributed by atoms with Crippen molar-refractivity contribution in [2.24, 2.45) is 5.92 Å². The fourth-order valence-corrected chi connectivity index (χ4v) is 1.66. The zero-order chi connectivity index (χ0) is 11.4. The van der Waals surface area contributed by atoms with Crippen molar-refractivity contribution in [3.05, 3.63) is 0 Å². The molecule has 1 heterocycles. The molecule has 0 aromatic rings. The third kappa shape index (κ3) is 2.70. The molecule has 1 aliphatic heterocycles. The number of unbranched alkanes of at least 4 members (excludes halogenated alkanes) is 1. The average Bonchev–Trinajstić information content (AvgIpc) is 2.56. The third-order valence-electron chi connectivity index (χ3n) is 2.69. The van der Waals surface area contributed by atoms with Gasteiger partial charge >= 0.3 is 6.09 Å². The second kappa shape index (κ2) is 5.14. The highest BCUT2D eigenvalue weighted by Gasteiger charge is 2.38. The summed E-state index contributed by atoms with van der Waals surface area (Å²) < 4.78 is 4.91. The van der Waals surface area contributed by atoms with Gasteiger partial charge in [0.15, 0.2) is 0 Å². The fourth-order valence-electron chi connectivity index (χ4n) is 1.66. The Morgan fingerprint density at radius 3 is 2.80 bits per heavy atom. The van der Waals surface area contributed by atoms with Gasteiger partial charge in [0, 0.05) is 6.42 Å². The Morgan fingerprint density at radius 1 is 1.60 bits per heavy atom. The van der Waals surface area contributed by atoms with Gasteiger partial charge in [-0.05, 0) is 12.3 Å². The number of cyclic esters (lactones) is 1. The van der Waals surface area contributed by atoms with Gasteiger partial charge in [-0.15, -0.1) is 0 Å². The average molecular weight is 213 g/mol. The third-order valence-corrected chi connectivity index (χ3v) is 2.69. The van der Waals surface area contributed by atoms with Crippen molar-refractivity contribution in [1.29, 1.82) is 0 Å². The van der Waals surface area contributed by atoms with E-state index in [0.29, 0.717) is 13.0 Å². The van der Waals surface area contributed by atoms with Crippen LogP contribution < -0.4 is 0 Å². The lowest BCUT2D eigenvalue weighted by Gasteiger charge is -2.22. The number of hydrogen-bond acceptors (Lipinski definition) is 3. The number of ether oxygens (including phenoxy) is 1. The van der Waals surface area contributed by atoms with Crippen LogP contribution in [0.25, 0.3) is 0 Å². The lowest BCUT2D eigenvalue weighted by Crippen LogP contribution is -2.41. The molecule has 15 heavy (non-hydrogen) atoms. The second-order valence-corrected chi connectivity index (χ2v) is 4.26. The van der Waals surface area contributed by atoms with Crippen LogP contribution in [-0.2, 0) is 9.53 Å². The number of imide groups is 1. The Balaban J connectivity index is 2.63. The molecule has 1 atom stereocenters. The molecule has 1 aliphatic rings. The molecule has 0 N–H and O–H groups in total. The molecule has 0 aliphatic carbocycles. The van der Waals surface area contributed by atoms with Crippen LogP contribution in [0.1, 0.15) is 40.0 Å². The summed E-state index contributed by atoms with van der Waals surface area (Å²) in [5.74, 6) is 0.153. The molecular weight excluding hydrogens is 194 g/mol. The van der Waals surface area contributed by atoms with Gasteiger partial charge in [0.2, 0.25) is 5.91 Å². The molecule has 1 saturated heterocycles. The first-order valence-corrected chi connectivity index (χ1v) is 5.56. The highest BCUT2D eigenvalue weighted by Crippen LogP contribution is 2.20. The highest BCUT2D eigenvalue weighted by molar-refractivity contribution is 5.93. The largest absolute Gasteiger partial charge is 0.447 e. The summed E-state index contributed by atoms with van der Waals surface area (Å²) in [7, 11) is 0. The monoisotopic (exact) mass is 213 g/mol. The number of rotatable bonds is 4. The van der Waals surface area contributed by atoms with Crippen LogP contribution in [0.5, 0.6) is 0 Å². The van der Waals surface area contributed by atoms with Gasteiger partial charge in [-0.2, -0.15) is 0 Å². The SMILES string of the molecule is CCCCC(=O)N1C(=O)OCC1C(C)C. The van der Waals surface area contributed by atoms with Crippen LogP contribution in [0.4, 0.5) is 4.79 Å². The minimum absolute atomic E-state index is 0.0816. The summed E-state index contributed by atoms with van der Waals surface area (Å²) in [5, 5.41) is 0. The molecule has 86 valence electrons. The quantitative estimate of drug-likeness (QED) is 0.719. The minimum Gasteiger partial charge on any atom is -0.447 e. The summed E-state index contributed by atoms with van der Waals surface area (Å²) in [6.07, 6.45) is 1.75. The molecule has 0 radical (unpaired) electrons. The molecule has 0 saturated carbocycles. The van der Waals surface area contributed by atoms with Gasteiger partial charge < -0.3 is 4.74 Å². The predicted octanol–water partition coefficient (Wildman–Crippen LogP) is 2.18. The summed E-state index contributed by atoms with van der Waals surface area (Å²) in [5.41, 5.74) is 0. The Kier molecular flexibility index (Phi) is 4.12. The van der Waals surface area contributed by atoms with Crippen LogP contribution in [0, 0.1) is 5.92 Å². The molecule has 1 fully saturated rings. The number of carbonyl (C=O) groups is 2. The molecular formula is C11H19NO3. The zero-order valence-electron chi connectivity index (χ0n) is 9.66. The first-order valence-electron chi connectivity index (χ1n) is 5.56. The van der Waals surface area contributed by atoms with Gasteiger partial charge in [0.1, 0.15) is 6.61 Å². The van der Waals surface area contributed by atoms with Crippen LogP contribution in [-0.4, -0.2) is 29.5 Å². The maximum Gasteiger partial charge on any atom is 0.416 e. The number of hydrogen-bond donors (Lipinski definition) is 0. The van der Waals surface area contributed by atoms with E-state index in [9.17, 15) is 9.59 Å². The van der Waals surface area contributed by atoms with Crippen LogP contribution in [0.2, 0.25) is 0 Å². The van der Waals surface area contributed by atoms with Crippen molar-refractivity contribution in [3.8, 4) is 0 Å². The lowest BCUT2D eigenvalue weighted by molar-refractivity contribution is -0.129. The van der Waals surface area contributed by atoms with Crippen LogP contribution in [0.3, 0.4) is 0 Å². The topological polar surface area (TPSA) is 46.6 Å². The Labute approximate surface area is 90.6 Å². The van der Waals surface area contributed by atoms with E-state index < -0.39 is 6.09 Å². The molecule has 2 amide bonds. The number of amides is 2. The van der Waals surface area contributed by atoms with Crippen molar-refractivity contribution < 1.29 is 14.3 Å². The zero-order valence-corrected chi connectivity index (χ0v) is 9.66. The van der Waals surface area contributed by atoms with E-state index in [-0.39, 0.29) is 17.9 Å². The maximum atomic E-state index is 11.8. The molecule has 0 aromatic heterocycles. The molecule has 0 aromatic carbocycles. The smallest absolute Gasteiger partial charge is 0.416 e. The van der Waals surface area contributed by atoms with Gasteiger partial charge in [-0.3, -0.25) is 4.79 Å². The Hall–Kier alpha value is -1.06. The minimum atomic E-state index is -0.477. The van der Waals surface area contributed by atoms with Crippen molar-refractivity contribution in [3.63, 3.8) is 0 Å². The number of nitrogens with zero attached hydrogens (tertiary/aromatic N) is 1. The number of carbonyl (C=O) groups excluding carboxylic acids is 2. The van der Waals surface area contributed by atoms with E-state index in [1.54, 1.807) is 0 Å². The predicted molar refractivity (Wildman–Crippen MR) is 56.3 cm³/mol. The van der Waals surface area contributed by atoms with E-state index >= 15 is 0 Å². The summed E-state index contributed by atoms with van der Waals surface area (Å²) in [6, 6.07) is -0.0816. The van der Waals surface area contributed by atoms with Crippen molar-refractivity contribution >= 4 is 12.0 Å². The molecule has 4 heteroatoms. The van der Waals surface area contributed by atoms with E-state index in [2.05, 4.69) is 0 Å². The second-order valence-electron chi connectivity index (χ2n) is 4.26. The first-order chi connectivity index (χ1) is 7.07. The fraction of sp³-hybridized carbons (Fsp3) is 0.818. The van der Waals surface area contributed by atoms with Gasteiger partial charge in [0.25, 0.3) is 0 Å². The van der Waals surface area contributed by atoms with Gasteiger partial charge in [-0.1, -0.05) is 27.2 Å². The molecule has 0 bridgehead atoms. The van der Waals surface area contributed by atoms with Gasteiger partial charge in [0.05, 0.1) is 6.04 Å². The Morgan fingerprint density at radius 2 is 2.27 bits per heavy atom. The molecule has 4 nitrogen and oxygen atoms in total. The van der Waals surface area contributed by atoms with E-state index in [1.165, 1.54) is 4.90 Å². The summed E-state index contributed by atoms with van der Waals surface area (Å²) >= 11 is 0. The summed E-state index contributed by atoms with van der Waals surface area (Å²) in [4.78, 5) is 24.4.